The zero-order chi connectivity index (χ0) is 15.9. The fourth-order valence-electron chi connectivity index (χ4n) is 2.99. The molecule has 3 heterocycles. The molecule has 0 spiro atoms. The van der Waals surface area contributed by atoms with Crippen molar-refractivity contribution in [2.75, 3.05) is 25.1 Å². The quantitative estimate of drug-likeness (QED) is 0.884. The van der Waals surface area contributed by atoms with E-state index in [9.17, 15) is 8.42 Å². The van der Waals surface area contributed by atoms with Crippen LogP contribution in [0, 0.1) is 0 Å². The van der Waals surface area contributed by atoms with E-state index >= 15 is 0 Å². The average Bonchev–Trinajstić information content (AvgIpc) is 2.87. The summed E-state index contributed by atoms with van der Waals surface area (Å²) in [6, 6.07) is 0.134. The molecule has 1 fully saturated rings. The first kappa shape index (κ1) is 15.2. The lowest BCUT2D eigenvalue weighted by Gasteiger charge is -2.30. The fourth-order valence-corrected chi connectivity index (χ4v) is 3.86. The molecule has 1 aliphatic heterocycles. The number of nitrogen functional groups attached to an aromatic ring is 1. The predicted molar refractivity (Wildman–Crippen MR) is 83.8 cm³/mol. The Morgan fingerprint density at radius 3 is 2.59 bits per heavy atom. The number of sulfonamides is 1. The first-order valence-electron chi connectivity index (χ1n) is 7.34. The van der Waals surface area contributed by atoms with Crippen molar-refractivity contribution >= 4 is 26.9 Å². The van der Waals surface area contributed by atoms with E-state index in [0.29, 0.717) is 18.9 Å². The van der Waals surface area contributed by atoms with Gasteiger partial charge in [0.25, 0.3) is 0 Å². The molecule has 0 aromatic carbocycles. The topological polar surface area (TPSA) is 107 Å². The van der Waals surface area contributed by atoms with Crippen LogP contribution in [0.5, 0.6) is 0 Å². The Hall–Kier alpha value is -1.74. The van der Waals surface area contributed by atoms with Crippen molar-refractivity contribution in [3.05, 3.63) is 12.0 Å². The van der Waals surface area contributed by atoms with Crippen molar-refractivity contribution in [3.63, 3.8) is 0 Å². The van der Waals surface area contributed by atoms with Crippen LogP contribution in [0.2, 0.25) is 0 Å². The van der Waals surface area contributed by atoms with Gasteiger partial charge in [0.2, 0.25) is 10.0 Å². The van der Waals surface area contributed by atoms with Crippen LogP contribution >= 0.6 is 0 Å². The molecule has 9 heteroatoms. The molecular weight excluding hydrogens is 304 g/mol. The summed E-state index contributed by atoms with van der Waals surface area (Å²) >= 11 is 0. The maximum atomic E-state index is 11.6. The third-order valence-electron chi connectivity index (χ3n) is 4.16. The number of hydrogen-bond donors (Lipinski definition) is 1. The van der Waals surface area contributed by atoms with E-state index in [1.54, 1.807) is 0 Å². The van der Waals surface area contributed by atoms with Crippen molar-refractivity contribution in [2.45, 2.75) is 32.2 Å². The summed E-state index contributed by atoms with van der Waals surface area (Å²) in [5.74, 6) is 0.446. The van der Waals surface area contributed by atoms with E-state index in [2.05, 4.69) is 15.1 Å². The molecular formula is C13H20N6O2S. The second-order valence-electron chi connectivity index (χ2n) is 5.60. The van der Waals surface area contributed by atoms with E-state index in [4.69, 9.17) is 5.73 Å². The van der Waals surface area contributed by atoms with Crippen LogP contribution in [0.1, 0.15) is 31.5 Å². The minimum atomic E-state index is -3.12. The SMILES string of the molecule is CCc1nn(C2CCN(S(C)(=O)=O)CC2)c2ncnc(N)c12. The second kappa shape index (κ2) is 5.47. The van der Waals surface area contributed by atoms with Gasteiger partial charge < -0.3 is 5.73 Å². The summed E-state index contributed by atoms with van der Waals surface area (Å²) in [6.45, 7) is 3.03. The van der Waals surface area contributed by atoms with Crippen LogP contribution in [-0.2, 0) is 16.4 Å². The van der Waals surface area contributed by atoms with Gasteiger partial charge >= 0.3 is 0 Å². The number of anilines is 1. The van der Waals surface area contributed by atoms with E-state index in [-0.39, 0.29) is 6.04 Å². The van der Waals surface area contributed by atoms with Crippen LogP contribution in [0.15, 0.2) is 6.33 Å². The molecule has 0 bridgehead atoms. The molecule has 0 amide bonds. The van der Waals surface area contributed by atoms with Crippen LogP contribution in [-0.4, -0.2) is 51.8 Å². The Kier molecular flexibility index (Phi) is 3.77. The van der Waals surface area contributed by atoms with E-state index < -0.39 is 10.0 Å². The number of aromatic nitrogens is 4. The smallest absolute Gasteiger partial charge is 0.211 e. The monoisotopic (exact) mass is 324 g/mol. The average molecular weight is 324 g/mol. The zero-order valence-electron chi connectivity index (χ0n) is 12.7. The minimum absolute atomic E-state index is 0.134. The van der Waals surface area contributed by atoms with Gasteiger partial charge in [0.15, 0.2) is 5.65 Å². The summed E-state index contributed by atoms with van der Waals surface area (Å²) in [7, 11) is -3.12. The number of nitrogens with zero attached hydrogens (tertiary/aromatic N) is 5. The van der Waals surface area contributed by atoms with Gasteiger partial charge in [-0.05, 0) is 19.3 Å². The Morgan fingerprint density at radius 2 is 2.00 bits per heavy atom. The van der Waals surface area contributed by atoms with Crippen molar-refractivity contribution in [3.8, 4) is 0 Å². The molecule has 0 unspecified atom stereocenters. The highest BCUT2D eigenvalue weighted by Crippen LogP contribution is 2.29. The molecule has 2 aromatic rings. The van der Waals surface area contributed by atoms with Gasteiger partial charge in [-0.15, -0.1) is 0 Å². The maximum absolute atomic E-state index is 11.6. The number of piperidine rings is 1. The molecule has 0 aliphatic carbocycles. The first-order valence-corrected chi connectivity index (χ1v) is 9.19. The first-order chi connectivity index (χ1) is 10.4. The number of aryl methyl sites for hydroxylation is 1. The summed E-state index contributed by atoms with van der Waals surface area (Å²) in [5.41, 5.74) is 7.59. The van der Waals surface area contributed by atoms with Gasteiger partial charge in [-0.1, -0.05) is 6.92 Å². The van der Waals surface area contributed by atoms with Gasteiger partial charge in [0.05, 0.1) is 23.4 Å². The van der Waals surface area contributed by atoms with Gasteiger partial charge in [0, 0.05) is 13.1 Å². The molecule has 3 rings (SSSR count). The van der Waals surface area contributed by atoms with Crippen LogP contribution in [0.4, 0.5) is 5.82 Å². The lowest BCUT2D eigenvalue weighted by atomic mass is 10.1. The van der Waals surface area contributed by atoms with Crippen LogP contribution in [0.3, 0.4) is 0 Å². The van der Waals surface area contributed by atoms with E-state index in [1.807, 2.05) is 11.6 Å². The number of fused-ring (bicyclic) bond motifs is 1. The van der Waals surface area contributed by atoms with Gasteiger partial charge in [-0.2, -0.15) is 5.10 Å². The molecule has 22 heavy (non-hydrogen) atoms. The number of rotatable bonds is 3. The third-order valence-corrected chi connectivity index (χ3v) is 5.47. The highest BCUT2D eigenvalue weighted by Gasteiger charge is 2.28. The zero-order valence-corrected chi connectivity index (χ0v) is 13.5. The number of nitrogens with two attached hydrogens (primary N) is 1. The molecule has 8 nitrogen and oxygen atoms in total. The largest absolute Gasteiger partial charge is 0.383 e. The van der Waals surface area contributed by atoms with Gasteiger partial charge in [-0.25, -0.2) is 27.4 Å². The van der Waals surface area contributed by atoms with Crippen LogP contribution < -0.4 is 5.73 Å². The predicted octanol–water partition coefficient (Wildman–Crippen LogP) is 0.567. The van der Waals surface area contributed by atoms with E-state index in [1.165, 1.54) is 16.9 Å². The van der Waals surface area contributed by atoms with Crippen molar-refractivity contribution < 1.29 is 8.42 Å². The van der Waals surface area contributed by atoms with Gasteiger partial charge in [0.1, 0.15) is 12.1 Å². The summed E-state index contributed by atoms with van der Waals surface area (Å²) in [5, 5.41) is 5.46. The van der Waals surface area contributed by atoms with Gasteiger partial charge in [-0.3, -0.25) is 0 Å². The molecule has 1 saturated heterocycles. The molecule has 0 atom stereocenters. The third kappa shape index (κ3) is 2.54. The molecule has 0 radical (unpaired) electrons. The minimum Gasteiger partial charge on any atom is -0.383 e. The molecule has 0 saturated carbocycles. The molecule has 1 aliphatic rings. The molecule has 2 N–H and O–H groups in total. The highest BCUT2D eigenvalue weighted by molar-refractivity contribution is 7.88. The van der Waals surface area contributed by atoms with Crippen LogP contribution in [0.25, 0.3) is 11.0 Å². The Bertz CT molecular complexity index is 792. The van der Waals surface area contributed by atoms with Crippen molar-refractivity contribution in [1.82, 2.24) is 24.1 Å². The standard InChI is InChI=1S/C13H20N6O2S/c1-3-10-11-12(14)15-8-16-13(11)19(17-10)9-4-6-18(7-5-9)22(2,20)21/h8-9H,3-7H2,1-2H3,(H2,14,15,16). The molecule has 120 valence electrons. The Morgan fingerprint density at radius 1 is 1.32 bits per heavy atom. The highest BCUT2D eigenvalue weighted by atomic mass is 32.2. The van der Waals surface area contributed by atoms with Crippen molar-refractivity contribution in [1.29, 1.82) is 0 Å². The maximum Gasteiger partial charge on any atom is 0.211 e. The Balaban J connectivity index is 1.94. The van der Waals surface area contributed by atoms with Crippen molar-refractivity contribution in [2.24, 2.45) is 0 Å². The molecule has 2 aromatic heterocycles. The summed E-state index contributed by atoms with van der Waals surface area (Å²) < 4.78 is 26.6. The summed E-state index contributed by atoms with van der Waals surface area (Å²) in [4.78, 5) is 8.38. The normalized spacial score (nSPS) is 18.1. The van der Waals surface area contributed by atoms with E-state index in [0.717, 1.165) is 36.0 Å². The lowest BCUT2D eigenvalue weighted by Crippen LogP contribution is -2.38. The number of hydrogen-bond acceptors (Lipinski definition) is 6. The fraction of sp³-hybridized carbons (Fsp3) is 0.615. The second-order valence-corrected chi connectivity index (χ2v) is 7.58. The Labute approximate surface area is 129 Å². The lowest BCUT2D eigenvalue weighted by molar-refractivity contribution is 0.265. The summed E-state index contributed by atoms with van der Waals surface area (Å²) in [6.07, 6.45) is 4.89.